The standard InChI is InChI=1S/C19H18ClN5O3S2.C2HF3O2/c20-16-5-4-15-14(23-16)9-17(29-15)30(27,28)24-13-6-7-25(19(13)26)10-11-2-1-3-12(8-11)18(21)22;3-2(4,5)1(6)7/h1-5,8-9,13,24H,6-7,10H2,(H3,21,22);(H,6,7)/t13-;/m0./s1. The maximum Gasteiger partial charge on any atom is 0.490 e. The number of fused-ring (bicyclic) bond motifs is 1. The summed E-state index contributed by atoms with van der Waals surface area (Å²) in [7, 11) is -3.87. The van der Waals surface area contributed by atoms with Crippen LogP contribution in [0.4, 0.5) is 13.2 Å². The number of nitrogens with one attached hydrogen (secondary N) is 2. The van der Waals surface area contributed by atoms with Gasteiger partial charge in [-0.3, -0.25) is 10.2 Å². The summed E-state index contributed by atoms with van der Waals surface area (Å²) in [6.07, 6.45) is -4.71. The zero-order valence-electron chi connectivity index (χ0n) is 18.6. The Balaban J connectivity index is 0.000000479. The summed E-state index contributed by atoms with van der Waals surface area (Å²) in [5.74, 6) is -3.09. The van der Waals surface area contributed by atoms with Crippen molar-refractivity contribution in [3.8, 4) is 0 Å². The lowest BCUT2D eigenvalue weighted by atomic mass is 10.1. The highest BCUT2D eigenvalue weighted by Crippen LogP contribution is 2.29. The molecular weight excluding hydrogens is 559 g/mol. The fourth-order valence-electron chi connectivity index (χ4n) is 3.32. The average Bonchev–Trinajstić information content (AvgIpc) is 3.38. The van der Waals surface area contributed by atoms with Crippen molar-refractivity contribution >= 4 is 60.9 Å². The summed E-state index contributed by atoms with van der Waals surface area (Å²) in [6.45, 7) is 0.753. The molecule has 0 radical (unpaired) electrons. The number of carbonyl (C=O) groups excluding carboxylic acids is 1. The molecule has 16 heteroatoms. The molecule has 1 amide bonds. The van der Waals surface area contributed by atoms with Crippen molar-refractivity contribution in [2.45, 2.75) is 29.4 Å². The van der Waals surface area contributed by atoms with Gasteiger partial charge in [-0.1, -0.05) is 29.8 Å². The molecule has 2 aromatic heterocycles. The number of nitrogens with zero attached hydrogens (tertiary/aromatic N) is 2. The minimum atomic E-state index is -5.08. The van der Waals surface area contributed by atoms with Crippen molar-refractivity contribution in [2.75, 3.05) is 6.54 Å². The van der Waals surface area contributed by atoms with Gasteiger partial charge in [0, 0.05) is 18.7 Å². The van der Waals surface area contributed by atoms with Gasteiger partial charge >= 0.3 is 12.1 Å². The Morgan fingerprint density at radius 3 is 2.59 bits per heavy atom. The Morgan fingerprint density at radius 1 is 1.30 bits per heavy atom. The molecule has 198 valence electrons. The molecule has 0 saturated carbocycles. The summed E-state index contributed by atoms with van der Waals surface area (Å²) in [5, 5.41) is 14.9. The highest BCUT2D eigenvalue weighted by Gasteiger charge is 2.38. The molecule has 37 heavy (non-hydrogen) atoms. The molecular formula is C21H19ClF3N5O5S2. The molecule has 0 bridgehead atoms. The van der Waals surface area contributed by atoms with Gasteiger partial charge in [-0.05, 0) is 36.2 Å². The smallest absolute Gasteiger partial charge is 0.475 e. The molecule has 1 aliphatic rings. The Kier molecular flexibility index (Phi) is 8.42. The molecule has 0 spiro atoms. The van der Waals surface area contributed by atoms with E-state index in [2.05, 4.69) is 9.71 Å². The van der Waals surface area contributed by atoms with Crippen LogP contribution >= 0.6 is 22.9 Å². The molecule has 10 nitrogen and oxygen atoms in total. The minimum absolute atomic E-state index is 0.0469. The van der Waals surface area contributed by atoms with Crippen LogP contribution < -0.4 is 10.5 Å². The number of carbonyl (C=O) groups is 2. The number of alkyl halides is 3. The van der Waals surface area contributed by atoms with Crippen LogP contribution in [0.25, 0.3) is 10.2 Å². The number of aliphatic carboxylic acids is 1. The molecule has 1 aromatic carbocycles. The Labute approximate surface area is 217 Å². The van der Waals surface area contributed by atoms with Crippen molar-refractivity contribution in [1.29, 1.82) is 5.41 Å². The zero-order valence-corrected chi connectivity index (χ0v) is 21.0. The van der Waals surface area contributed by atoms with Gasteiger partial charge in [0.1, 0.15) is 21.2 Å². The van der Waals surface area contributed by atoms with E-state index in [0.717, 1.165) is 16.9 Å². The van der Waals surface area contributed by atoms with Crippen molar-refractivity contribution in [2.24, 2.45) is 5.73 Å². The number of hydrogen-bond donors (Lipinski definition) is 4. The summed E-state index contributed by atoms with van der Waals surface area (Å²) >= 11 is 6.94. The second-order valence-electron chi connectivity index (χ2n) is 7.72. The third-order valence-corrected chi connectivity index (χ3v) is 8.28. The van der Waals surface area contributed by atoms with E-state index in [1.807, 2.05) is 6.07 Å². The van der Waals surface area contributed by atoms with Crippen LogP contribution in [0, 0.1) is 5.41 Å². The number of amides is 1. The van der Waals surface area contributed by atoms with Gasteiger partial charge < -0.3 is 15.7 Å². The average molecular weight is 578 g/mol. The molecule has 3 aromatic rings. The number of carboxylic acids is 1. The number of pyridine rings is 1. The fraction of sp³-hybridized carbons (Fsp3) is 0.238. The molecule has 0 aliphatic carbocycles. The number of nitrogens with two attached hydrogens (primary N) is 1. The fourth-order valence-corrected chi connectivity index (χ4v) is 6.03. The first-order chi connectivity index (χ1) is 17.2. The van der Waals surface area contributed by atoms with Crippen LogP contribution in [0.2, 0.25) is 5.15 Å². The van der Waals surface area contributed by atoms with Gasteiger partial charge in [-0.25, -0.2) is 18.2 Å². The summed E-state index contributed by atoms with van der Waals surface area (Å²) in [5.41, 5.74) is 7.42. The molecule has 0 unspecified atom stereocenters. The summed E-state index contributed by atoms with van der Waals surface area (Å²) in [6, 6.07) is 11.0. The first-order valence-electron chi connectivity index (χ1n) is 10.3. The normalized spacial score (nSPS) is 15.9. The van der Waals surface area contributed by atoms with Crippen LogP contribution in [-0.4, -0.2) is 59.9 Å². The van der Waals surface area contributed by atoms with E-state index < -0.39 is 28.2 Å². The molecule has 4 rings (SSSR count). The second kappa shape index (κ2) is 11.0. The van der Waals surface area contributed by atoms with Crippen molar-refractivity contribution in [3.05, 3.63) is 58.7 Å². The maximum atomic E-state index is 12.8. The summed E-state index contributed by atoms with van der Waals surface area (Å²) in [4.78, 5) is 27.4. The van der Waals surface area contributed by atoms with E-state index in [4.69, 9.17) is 32.6 Å². The molecule has 5 N–H and O–H groups in total. The number of amidine groups is 1. The third kappa shape index (κ3) is 7.15. The van der Waals surface area contributed by atoms with Gasteiger partial charge in [0.25, 0.3) is 10.0 Å². The second-order valence-corrected chi connectivity index (χ2v) is 11.1. The molecule has 1 saturated heterocycles. The predicted molar refractivity (Wildman–Crippen MR) is 130 cm³/mol. The van der Waals surface area contributed by atoms with Crippen molar-refractivity contribution in [1.82, 2.24) is 14.6 Å². The minimum Gasteiger partial charge on any atom is -0.475 e. The number of rotatable bonds is 6. The number of sulfonamides is 1. The Bertz CT molecular complexity index is 1460. The zero-order chi connectivity index (χ0) is 27.5. The highest BCUT2D eigenvalue weighted by atomic mass is 35.5. The van der Waals surface area contributed by atoms with Gasteiger partial charge in [-0.15, -0.1) is 11.3 Å². The third-order valence-electron chi connectivity index (χ3n) is 5.03. The largest absolute Gasteiger partial charge is 0.490 e. The first kappa shape index (κ1) is 28.3. The van der Waals surface area contributed by atoms with E-state index in [9.17, 15) is 26.4 Å². The van der Waals surface area contributed by atoms with Gasteiger partial charge in [0.2, 0.25) is 5.91 Å². The summed E-state index contributed by atoms with van der Waals surface area (Å²) < 4.78 is 60.7. The number of benzene rings is 1. The number of likely N-dealkylation sites (tertiary alicyclic amines) is 1. The highest BCUT2D eigenvalue weighted by molar-refractivity contribution is 7.91. The monoisotopic (exact) mass is 577 g/mol. The quantitative estimate of drug-likeness (QED) is 0.198. The van der Waals surface area contributed by atoms with Crippen LogP contribution in [0.1, 0.15) is 17.5 Å². The Hall–Kier alpha value is -3.27. The van der Waals surface area contributed by atoms with Crippen LogP contribution in [0.15, 0.2) is 46.7 Å². The van der Waals surface area contributed by atoms with E-state index >= 15 is 0 Å². The topological polar surface area (TPSA) is 167 Å². The first-order valence-corrected chi connectivity index (χ1v) is 13.0. The molecule has 3 heterocycles. The van der Waals surface area contributed by atoms with Crippen molar-refractivity contribution < 1.29 is 36.3 Å². The number of carboxylic acid groups (broad SMARTS) is 1. The molecule has 1 aliphatic heterocycles. The van der Waals surface area contributed by atoms with Gasteiger partial charge in [-0.2, -0.15) is 17.9 Å². The lowest BCUT2D eigenvalue weighted by Gasteiger charge is -2.17. The van der Waals surface area contributed by atoms with E-state index in [1.165, 1.54) is 6.07 Å². The van der Waals surface area contributed by atoms with Crippen LogP contribution in [0.5, 0.6) is 0 Å². The van der Waals surface area contributed by atoms with Gasteiger partial charge in [0.15, 0.2) is 0 Å². The van der Waals surface area contributed by atoms with E-state index in [-0.39, 0.29) is 21.1 Å². The number of halogens is 4. The number of thiophene rings is 1. The SMILES string of the molecule is N=C(N)c1cccc(CN2CC[C@H](NS(=O)(=O)c3cc4nc(Cl)ccc4s3)C2=O)c1.O=C(O)C(F)(F)F. The maximum absolute atomic E-state index is 12.8. The number of nitrogen functional groups attached to an aromatic ring is 1. The molecule has 1 fully saturated rings. The number of aromatic nitrogens is 1. The van der Waals surface area contributed by atoms with Crippen LogP contribution in [0.3, 0.4) is 0 Å². The van der Waals surface area contributed by atoms with Crippen LogP contribution in [-0.2, 0) is 26.2 Å². The van der Waals surface area contributed by atoms with E-state index in [1.54, 1.807) is 35.2 Å². The Morgan fingerprint density at radius 2 is 1.97 bits per heavy atom. The predicted octanol–water partition coefficient (Wildman–Crippen LogP) is 2.95. The van der Waals surface area contributed by atoms with Gasteiger partial charge in [0.05, 0.1) is 10.2 Å². The lowest BCUT2D eigenvalue weighted by Crippen LogP contribution is -2.41. The van der Waals surface area contributed by atoms with Crippen molar-refractivity contribution in [3.63, 3.8) is 0 Å². The number of hydrogen-bond acceptors (Lipinski definition) is 7. The molecule has 1 atom stereocenters. The lowest BCUT2D eigenvalue weighted by molar-refractivity contribution is -0.192. The van der Waals surface area contributed by atoms with E-state index in [0.29, 0.717) is 35.3 Å².